The number of urea groups is 1. The lowest BCUT2D eigenvalue weighted by atomic mass is 10.1. The van der Waals surface area contributed by atoms with Gasteiger partial charge in [-0.3, -0.25) is 0 Å². The molecule has 0 spiro atoms. The minimum atomic E-state index is -0.146. The van der Waals surface area contributed by atoms with Crippen molar-refractivity contribution >= 4 is 11.7 Å². The molecule has 2 amide bonds. The van der Waals surface area contributed by atoms with Crippen LogP contribution in [0.2, 0.25) is 0 Å². The topological polar surface area (TPSA) is 50.4 Å². The fourth-order valence-corrected chi connectivity index (χ4v) is 3.08. The number of carbonyl (C=O) groups is 1. The summed E-state index contributed by atoms with van der Waals surface area (Å²) >= 11 is 0. The first-order chi connectivity index (χ1) is 11.3. The van der Waals surface area contributed by atoms with Gasteiger partial charge in [0.1, 0.15) is 0 Å². The van der Waals surface area contributed by atoms with Crippen molar-refractivity contribution in [2.75, 3.05) is 19.0 Å². The molecule has 0 saturated heterocycles. The quantitative estimate of drug-likeness (QED) is 0.891. The summed E-state index contributed by atoms with van der Waals surface area (Å²) in [6.07, 6.45) is 2.58. The molecule has 0 heterocycles. The molecular formula is C19H22N2O2. The molecule has 1 aliphatic rings. The van der Waals surface area contributed by atoms with Crippen LogP contribution in [-0.4, -0.2) is 25.8 Å². The minimum Gasteiger partial charge on any atom is -0.384 e. The molecule has 2 N–H and O–H groups in total. The summed E-state index contributed by atoms with van der Waals surface area (Å²) < 4.78 is 5.12. The van der Waals surface area contributed by atoms with E-state index >= 15 is 0 Å². The van der Waals surface area contributed by atoms with Crippen LogP contribution < -0.4 is 10.6 Å². The smallest absolute Gasteiger partial charge is 0.319 e. The third kappa shape index (κ3) is 3.90. The maximum absolute atomic E-state index is 12.3. The van der Waals surface area contributed by atoms with Gasteiger partial charge in [0.05, 0.1) is 6.61 Å². The van der Waals surface area contributed by atoms with Crippen molar-refractivity contribution in [2.45, 2.75) is 25.3 Å². The van der Waals surface area contributed by atoms with Crippen LogP contribution in [0.3, 0.4) is 0 Å². The van der Waals surface area contributed by atoms with Crippen molar-refractivity contribution in [3.63, 3.8) is 0 Å². The largest absolute Gasteiger partial charge is 0.384 e. The zero-order chi connectivity index (χ0) is 16.1. The van der Waals surface area contributed by atoms with Gasteiger partial charge in [-0.1, -0.05) is 42.5 Å². The summed E-state index contributed by atoms with van der Waals surface area (Å²) in [7, 11) is 1.68. The molecular weight excluding hydrogens is 288 g/mol. The SMILES string of the molecule is COCCc1ccccc1NC(=O)NC1Cc2ccccc2C1. The highest BCUT2D eigenvalue weighted by Crippen LogP contribution is 2.22. The number of hydrogen-bond acceptors (Lipinski definition) is 2. The number of hydrogen-bond donors (Lipinski definition) is 2. The van der Waals surface area contributed by atoms with Crippen molar-refractivity contribution < 1.29 is 9.53 Å². The molecule has 0 saturated carbocycles. The van der Waals surface area contributed by atoms with E-state index in [1.54, 1.807) is 7.11 Å². The van der Waals surface area contributed by atoms with Gasteiger partial charge in [0.25, 0.3) is 0 Å². The molecule has 0 bridgehead atoms. The maximum atomic E-state index is 12.3. The van der Waals surface area contributed by atoms with Crippen LogP contribution in [0.15, 0.2) is 48.5 Å². The summed E-state index contributed by atoms with van der Waals surface area (Å²) in [6, 6.07) is 16.2. The number of anilines is 1. The lowest BCUT2D eigenvalue weighted by molar-refractivity contribution is 0.202. The van der Waals surface area contributed by atoms with Crippen LogP contribution in [0, 0.1) is 0 Å². The zero-order valence-electron chi connectivity index (χ0n) is 13.3. The van der Waals surface area contributed by atoms with E-state index in [2.05, 4.69) is 22.8 Å². The maximum Gasteiger partial charge on any atom is 0.319 e. The van der Waals surface area contributed by atoms with Crippen molar-refractivity contribution in [3.8, 4) is 0 Å². The number of para-hydroxylation sites is 1. The van der Waals surface area contributed by atoms with Crippen LogP contribution in [-0.2, 0) is 24.0 Å². The fourth-order valence-electron chi connectivity index (χ4n) is 3.08. The molecule has 2 aromatic rings. The standard InChI is InChI=1S/C19H22N2O2/c1-23-11-10-14-6-4-5-9-18(14)21-19(22)20-17-12-15-7-2-3-8-16(15)13-17/h2-9,17H,10-13H2,1H3,(H2,20,21,22). The highest BCUT2D eigenvalue weighted by atomic mass is 16.5. The summed E-state index contributed by atoms with van der Waals surface area (Å²) in [6.45, 7) is 0.637. The number of ether oxygens (including phenoxy) is 1. The molecule has 0 fully saturated rings. The van der Waals surface area contributed by atoms with Crippen LogP contribution in [0.1, 0.15) is 16.7 Å². The van der Waals surface area contributed by atoms with E-state index < -0.39 is 0 Å². The minimum absolute atomic E-state index is 0.146. The number of amides is 2. The number of rotatable bonds is 5. The Balaban J connectivity index is 1.58. The predicted octanol–water partition coefficient (Wildman–Crippen LogP) is 3.16. The number of fused-ring (bicyclic) bond motifs is 1. The third-order valence-corrected chi connectivity index (χ3v) is 4.23. The van der Waals surface area contributed by atoms with E-state index in [9.17, 15) is 4.79 Å². The molecule has 0 atom stereocenters. The first kappa shape index (κ1) is 15.6. The first-order valence-corrected chi connectivity index (χ1v) is 7.97. The van der Waals surface area contributed by atoms with E-state index in [0.29, 0.717) is 6.61 Å². The van der Waals surface area contributed by atoms with Crippen molar-refractivity contribution in [1.29, 1.82) is 0 Å². The zero-order valence-corrected chi connectivity index (χ0v) is 13.3. The summed E-state index contributed by atoms with van der Waals surface area (Å²) in [5, 5.41) is 6.04. The normalized spacial score (nSPS) is 13.6. The predicted molar refractivity (Wildman–Crippen MR) is 91.8 cm³/mol. The van der Waals surface area contributed by atoms with Crippen LogP contribution in [0.25, 0.3) is 0 Å². The Labute approximate surface area is 136 Å². The van der Waals surface area contributed by atoms with E-state index in [1.807, 2.05) is 36.4 Å². The average molecular weight is 310 g/mol. The van der Waals surface area contributed by atoms with E-state index in [4.69, 9.17) is 4.74 Å². The Bertz CT molecular complexity index is 660. The van der Waals surface area contributed by atoms with Crippen molar-refractivity contribution in [1.82, 2.24) is 5.32 Å². The molecule has 23 heavy (non-hydrogen) atoms. The molecule has 3 rings (SSSR count). The second-order valence-corrected chi connectivity index (χ2v) is 5.87. The molecule has 0 radical (unpaired) electrons. The number of carbonyl (C=O) groups excluding carboxylic acids is 1. The van der Waals surface area contributed by atoms with Crippen LogP contribution in [0.5, 0.6) is 0 Å². The van der Waals surface area contributed by atoms with E-state index in [0.717, 1.165) is 30.5 Å². The molecule has 0 aromatic heterocycles. The molecule has 0 unspecified atom stereocenters. The van der Waals surface area contributed by atoms with Crippen LogP contribution in [0.4, 0.5) is 10.5 Å². The molecule has 4 nitrogen and oxygen atoms in total. The Morgan fingerprint density at radius 3 is 2.43 bits per heavy atom. The van der Waals surface area contributed by atoms with Gasteiger partial charge >= 0.3 is 6.03 Å². The number of nitrogens with one attached hydrogen (secondary N) is 2. The van der Waals surface area contributed by atoms with E-state index in [-0.39, 0.29) is 12.1 Å². The van der Waals surface area contributed by atoms with Gasteiger partial charge < -0.3 is 15.4 Å². The molecule has 120 valence electrons. The molecule has 1 aliphatic carbocycles. The summed E-state index contributed by atoms with van der Waals surface area (Å²) in [4.78, 5) is 12.3. The van der Waals surface area contributed by atoms with Crippen LogP contribution >= 0.6 is 0 Å². The Morgan fingerprint density at radius 2 is 1.74 bits per heavy atom. The highest BCUT2D eigenvalue weighted by molar-refractivity contribution is 5.90. The number of methoxy groups -OCH3 is 1. The van der Waals surface area contributed by atoms with Gasteiger partial charge in [-0.15, -0.1) is 0 Å². The Morgan fingerprint density at radius 1 is 1.09 bits per heavy atom. The summed E-state index contributed by atoms with van der Waals surface area (Å²) in [5.41, 5.74) is 4.59. The molecule has 4 heteroatoms. The Kier molecular flexibility index (Phi) is 4.93. The monoisotopic (exact) mass is 310 g/mol. The first-order valence-electron chi connectivity index (χ1n) is 7.97. The number of benzene rings is 2. The molecule has 2 aromatic carbocycles. The second-order valence-electron chi connectivity index (χ2n) is 5.87. The average Bonchev–Trinajstić information content (AvgIpc) is 2.96. The Hall–Kier alpha value is -2.33. The van der Waals surface area contributed by atoms with E-state index in [1.165, 1.54) is 11.1 Å². The lowest BCUT2D eigenvalue weighted by Gasteiger charge is -2.15. The van der Waals surface area contributed by atoms with Gasteiger partial charge in [-0.2, -0.15) is 0 Å². The fraction of sp³-hybridized carbons (Fsp3) is 0.316. The second kappa shape index (κ2) is 7.29. The highest BCUT2D eigenvalue weighted by Gasteiger charge is 2.22. The van der Waals surface area contributed by atoms with Gasteiger partial charge in [-0.05, 0) is 42.0 Å². The summed E-state index contributed by atoms with van der Waals surface area (Å²) in [5.74, 6) is 0. The van der Waals surface area contributed by atoms with Crippen molar-refractivity contribution in [2.24, 2.45) is 0 Å². The molecule has 0 aliphatic heterocycles. The van der Waals surface area contributed by atoms with Crippen molar-refractivity contribution in [3.05, 3.63) is 65.2 Å². The van der Waals surface area contributed by atoms with Gasteiger partial charge in [0.15, 0.2) is 0 Å². The van der Waals surface area contributed by atoms with Gasteiger partial charge in [0, 0.05) is 18.8 Å². The lowest BCUT2D eigenvalue weighted by Crippen LogP contribution is -2.38. The van der Waals surface area contributed by atoms with Gasteiger partial charge in [0.2, 0.25) is 0 Å². The van der Waals surface area contributed by atoms with Gasteiger partial charge in [-0.25, -0.2) is 4.79 Å². The third-order valence-electron chi connectivity index (χ3n) is 4.23.